The Hall–Kier alpha value is -2.50. The summed E-state index contributed by atoms with van der Waals surface area (Å²) in [5.41, 5.74) is 3.28. The molecule has 2 aromatic rings. The number of aromatic nitrogens is 3. The first kappa shape index (κ1) is 18.5. The first-order valence-electron chi connectivity index (χ1n) is 11.1. The van der Waals surface area contributed by atoms with Crippen LogP contribution in [0.25, 0.3) is 11.4 Å². The Labute approximate surface area is 172 Å². The van der Waals surface area contributed by atoms with Gasteiger partial charge in [0, 0.05) is 55.5 Å². The van der Waals surface area contributed by atoms with Gasteiger partial charge in [0.2, 0.25) is 5.91 Å². The molecule has 3 aliphatic rings. The molecule has 2 aliphatic heterocycles. The molecule has 0 aromatic carbocycles. The Morgan fingerprint density at radius 3 is 2.45 bits per heavy atom. The van der Waals surface area contributed by atoms with Crippen molar-refractivity contribution in [1.82, 2.24) is 19.9 Å². The summed E-state index contributed by atoms with van der Waals surface area (Å²) in [6.45, 7) is 3.51. The van der Waals surface area contributed by atoms with Crippen molar-refractivity contribution in [3.05, 3.63) is 35.8 Å². The van der Waals surface area contributed by atoms with Crippen LogP contribution < -0.4 is 4.90 Å². The average molecular weight is 392 g/mol. The van der Waals surface area contributed by atoms with E-state index in [0.717, 1.165) is 61.8 Å². The zero-order valence-electron chi connectivity index (χ0n) is 17.0. The second-order valence-electron chi connectivity index (χ2n) is 8.57. The first-order chi connectivity index (χ1) is 14.3. The Kier molecular flexibility index (Phi) is 5.17. The second-order valence-corrected chi connectivity index (χ2v) is 8.57. The molecule has 0 atom stereocenters. The van der Waals surface area contributed by atoms with E-state index in [4.69, 9.17) is 9.97 Å². The fourth-order valence-electron chi connectivity index (χ4n) is 5.01. The van der Waals surface area contributed by atoms with Crippen molar-refractivity contribution in [2.24, 2.45) is 5.92 Å². The van der Waals surface area contributed by atoms with Crippen molar-refractivity contribution >= 4 is 11.7 Å². The van der Waals surface area contributed by atoms with Crippen LogP contribution in [-0.2, 0) is 17.8 Å². The number of rotatable bonds is 3. The average Bonchev–Trinajstić information content (AvgIpc) is 3.33. The van der Waals surface area contributed by atoms with Crippen LogP contribution in [0.15, 0.2) is 24.5 Å². The van der Waals surface area contributed by atoms with Crippen LogP contribution in [0.2, 0.25) is 0 Å². The summed E-state index contributed by atoms with van der Waals surface area (Å²) in [4.78, 5) is 31.6. The van der Waals surface area contributed by atoms with E-state index in [-0.39, 0.29) is 5.92 Å². The van der Waals surface area contributed by atoms with Crippen molar-refractivity contribution in [2.75, 3.05) is 24.5 Å². The summed E-state index contributed by atoms with van der Waals surface area (Å²) in [7, 11) is 0. The van der Waals surface area contributed by atoms with Gasteiger partial charge in [-0.15, -0.1) is 0 Å². The summed E-state index contributed by atoms with van der Waals surface area (Å²) in [6, 6.07) is 3.94. The second kappa shape index (κ2) is 8.09. The maximum Gasteiger partial charge on any atom is 0.225 e. The number of pyridine rings is 1. The van der Waals surface area contributed by atoms with E-state index in [1.807, 2.05) is 12.1 Å². The predicted molar refractivity (Wildman–Crippen MR) is 112 cm³/mol. The van der Waals surface area contributed by atoms with E-state index in [0.29, 0.717) is 12.5 Å². The predicted octanol–water partition coefficient (Wildman–Crippen LogP) is 3.60. The van der Waals surface area contributed by atoms with E-state index in [1.165, 1.54) is 37.7 Å². The maximum atomic E-state index is 13.1. The molecular formula is C23H29N5O. The third-order valence-corrected chi connectivity index (χ3v) is 6.65. The van der Waals surface area contributed by atoms with Crippen molar-refractivity contribution in [3.63, 3.8) is 0 Å². The molecule has 152 valence electrons. The lowest BCUT2D eigenvalue weighted by molar-refractivity contribution is -0.137. The fraction of sp³-hybridized carbons (Fsp3) is 0.565. The summed E-state index contributed by atoms with van der Waals surface area (Å²) >= 11 is 0. The molecule has 29 heavy (non-hydrogen) atoms. The van der Waals surface area contributed by atoms with E-state index < -0.39 is 0 Å². The summed E-state index contributed by atoms with van der Waals surface area (Å²) in [5.74, 6) is 2.39. The van der Waals surface area contributed by atoms with Gasteiger partial charge in [-0.1, -0.05) is 19.3 Å². The smallest absolute Gasteiger partial charge is 0.225 e. The van der Waals surface area contributed by atoms with E-state index >= 15 is 0 Å². The largest absolute Gasteiger partial charge is 0.356 e. The highest BCUT2D eigenvalue weighted by Gasteiger charge is 2.32. The zero-order chi connectivity index (χ0) is 19.6. The molecule has 1 aliphatic carbocycles. The number of carbonyl (C=O) groups is 1. The summed E-state index contributed by atoms with van der Waals surface area (Å²) in [6.07, 6.45) is 12.6. The molecule has 0 unspecified atom stereocenters. The molecule has 0 bridgehead atoms. The lowest BCUT2D eigenvalue weighted by Crippen LogP contribution is -2.41. The van der Waals surface area contributed by atoms with Crippen LogP contribution in [0.1, 0.15) is 56.2 Å². The number of carbonyl (C=O) groups excluding carboxylic acids is 1. The summed E-state index contributed by atoms with van der Waals surface area (Å²) < 4.78 is 0. The molecule has 0 spiro atoms. The lowest BCUT2D eigenvalue weighted by Gasteiger charge is -2.34. The van der Waals surface area contributed by atoms with Gasteiger partial charge >= 0.3 is 0 Å². The normalized spacial score (nSPS) is 20.0. The van der Waals surface area contributed by atoms with Crippen molar-refractivity contribution < 1.29 is 4.79 Å². The van der Waals surface area contributed by atoms with Gasteiger partial charge < -0.3 is 9.80 Å². The van der Waals surface area contributed by atoms with Crippen LogP contribution in [0.5, 0.6) is 0 Å². The SMILES string of the molecule is O=C(C1CCCCC1)N1CCc2nc(-c3ccncc3)nc(N3CCCC3)c2C1. The van der Waals surface area contributed by atoms with Gasteiger partial charge in [0.25, 0.3) is 0 Å². The maximum absolute atomic E-state index is 13.1. The molecule has 2 aromatic heterocycles. The molecule has 0 N–H and O–H groups in total. The van der Waals surface area contributed by atoms with Crippen molar-refractivity contribution in [2.45, 2.75) is 57.9 Å². The van der Waals surface area contributed by atoms with Crippen molar-refractivity contribution in [1.29, 1.82) is 0 Å². The van der Waals surface area contributed by atoms with Crippen LogP contribution >= 0.6 is 0 Å². The van der Waals surface area contributed by atoms with E-state index in [1.54, 1.807) is 12.4 Å². The molecule has 1 amide bonds. The molecule has 2 fully saturated rings. The van der Waals surface area contributed by atoms with Crippen molar-refractivity contribution in [3.8, 4) is 11.4 Å². The number of hydrogen-bond donors (Lipinski definition) is 0. The molecule has 1 saturated heterocycles. The topological polar surface area (TPSA) is 62.2 Å². The van der Waals surface area contributed by atoms with E-state index in [9.17, 15) is 4.79 Å². The minimum absolute atomic E-state index is 0.220. The Bertz CT molecular complexity index is 872. The number of hydrogen-bond acceptors (Lipinski definition) is 5. The zero-order valence-corrected chi connectivity index (χ0v) is 17.0. The molecule has 0 radical (unpaired) electrons. The van der Waals surface area contributed by atoms with Gasteiger partial charge in [-0.25, -0.2) is 9.97 Å². The number of amides is 1. The van der Waals surface area contributed by atoms with Crippen LogP contribution in [0, 0.1) is 5.92 Å². The third-order valence-electron chi connectivity index (χ3n) is 6.65. The highest BCUT2D eigenvalue weighted by Crippen LogP contribution is 2.33. The Balaban J connectivity index is 1.47. The van der Waals surface area contributed by atoms with E-state index in [2.05, 4.69) is 14.8 Å². The van der Waals surface area contributed by atoms with Crippen LogP contribution in [0.4, 0.5) is 5.82 Å². The standard InChI is InChI=1S/C23H29N5O/c29-23(18-6-2-1-3-7-18)28-15-10-20-19(16-28)22(27-13-4-5-14-27)26-21(25-20)17-8-11-24-12-9-17/h8-9,11-12,18H,1-7,10,13-16H2. The van der Waals surface area contributed by atoms with Gasteiger partial charge in [0.15, 0.2) is 5.82 Å². The molecular weight excluding hydrogens is 362 g/mol. The summed E-state index contributed by atoms with van der Waals surface area (Å²) in [5, 5.41) is 0. The highest BCUT2D eigenvalue weighted by atomic mass is 16.2. The Morgan fingerprint density at radius 2 is 1.69 bits per heavy atom. The van der Waals surface area contributed by atoms with Gasteiger partial charge in [0.05, 0.1) is 12.2 Å². The fourth-order valence-corrected chi connectivity index (χ4v) is 5.01. The minimum atomic E-state index is 0.220. The monoisotopic (exact) mass is 391 g/mol. The van der Waals surface area contributed by atoms with Crippen LogP contribution in [-0.4, -0.2) is 45.4 Å². The van der Waals surface area contributed by atoms with Gasteiger partial charge in [-0.2, -0.15) is 0 Å². The third kappa shape index (κ3) is 3.72. The quantitative estimate of drug-likeness (QED) is 0.800. The molecule has 5 rings (SSSR count). The Morgan fingerprint density at radius 1 is 0.931 bits per heavy atom. The lowest BCUT2D eigenvalue weighted by atomic mass is 9.87. The number of fused-ring (bicyclic) bond motifs is 1. The minimum Gasteiger partial charge on any atom is -0.356 e. The number of anilines is 1. The van der Waals surface area contributed by atoms with Crippen LogP contribution in [0.3, 0.4) is 0 Å². The molecule has 6 heteroatoms. The van der Waals surface area contributed by atoms with Gasteiger partial charge in [-0.3, -0.25) is 9.78 Å². The highest BCUT2D eigenvalue weighted by molar-refractivity contribution is 5.79. The molecule has 4 heterocycles. The first-order valence-corrected chi connectivity index (χ1v) is 11.1. The molecule has 6 nitrogen and oxygen atoms in total. The van der Waals surface area contributed by atoms with Gasteiger partial charge in [0.1, 0.15) is 5.82 Å². The van der Waals surface area contributed by atoms with Gasteiger partial charge in [-0.05, 0) is 37.8 Å². The molecule has 1 saturated carbocycles. The number of nitrogens with zero attached hydrogens (tertiary/aromatic N) is 5.